The van der Waals surface area contributed by atoms with E-state index in [1.165, 1.54) is 11.9 Å². The Morgan fingerprint density at radius 3 is 2.69 bits per heavy atom. The number of rotatable bonds is 3. The lowest BCUT2D eigenvalue weighted by Crippen LogP contribution is -2.03. The molecule has 0 saturated heterocycles. The van der Waals surface area contributed by atoms with Crippen LogP contribution in [0.4, 0.5) is 10.2 Å². The summed E-state index contributed by atoms with van der Waals surface area (Å²) in [4.78, 5) is 7.40. The van der Waals surface area contributed by atoms with Gasteiger partial charge in [-0.1, -0.05) is 29.8 Å². The fraction of sp³-hybridized carbons (Fsp3) is 0.167. The van der Waals surface area contributed by atoms with Gasteiger partial charge in [-0.15, -0.1) is 0 Å². The Balaban J connectivity index is 2.02. The fourth-order valence-electron chi connectivity index (χ4n) is 1.33. The summed E-state index contributed by atoms with van der Waals surface area (Å²) in [5.74, 6) is -0.204. The molecule has 16 heavy (non-hydrogen) atoms. The van der Waals surface area contributed by atoms with Gasteiger partial charge >= 0.3 is 0 Å². The van der Waals surface area contributed by atoms with Crippen LogP contribution in [-0.4, -0.2) is 9.97 Å². The van der Waals surface area contributed by atoms with Crippen molar-refractivity contribution < 1.29 is 4.39 Å². The first-order valence-electron chi connectivity index (χ1n) is 5.00. The maximum Gasteiger partial charge on any atom is 0.183 e. The number of aryl methyl sites for hydroxylation is 1. The smallest absolute Gasteiger partial charge is 0.183 e. The fourth-order valence-corrected chi connectivity index (χ4v) is 1.33. The monoisotopic (exact) mass is 217 g/mol. The second-order valence-corrected chi connectivity index (χ2v) is 3.56. The molecule has 2 rings (SSSR count). The number of hydrogen-bond donors (Lipinski definition) is 1. The molecule has 1 aromatic carbocycles. The SMILES string of the molecule is Cc1ccc(CNc2ncncc2F)cc1. The van der Waals surface area contributed by atoms with Gasteiger partial charge < -0.3 is 5.32 Å². The van der Waals surface area contributed by atoms with Crippen molar-refractivity contribution in [1.29, 1.82) is 0 Å². The number of aromatic nitrogens is 2. The van der Waals surface area contributed by atoms with E-state index in [0.29, 0.717) is 6.54 Å². The van der Waals surface area contributed by atoms with E-state index >= 15 is 0 Å². The summed E-state index contributed by atoms with van der Waals surface area (Å²) >= 11 is 0. The lowest BCUT2D eigenvalue weighted by Gasteiger charge is -2.06. The Labute approximate surface area is 93.4 Å². The van der Waals surface area contributed by atoms with Gasteiger partial charge in [-0.05, 0) is 12.5 Å². The maximum atomic E-state index is 13.2. The first-order valence-corrected chi connectivity index (χ1v) is 5.00. The van der Waals surface area contributed by atoms with Crippen LogP contribution in [0, 0.1) is 12.7 Å². The molecule has 1 aromatic heterocycles. The molecule has 0 fully saturated rings. The summed E-state index contributed by atoms with van der Waals surface area (Å²) in [6.45, 7) is 2.58. The number of nitrogens with zero attached hydrogens (tertiary/aromatic N) is 2. The average Bonchev–Trinajstić information content (AvgIpc) is 2.30. The van der Waals surface area contributed by atoms with Crippen molar-refractivity contribution >= 4 is 5.82 Å². The lowest BCUT2D eigenvalue weighted by molar-refractivity contribution is 0.616. The van der Waals surface area contributed by atoms with E-state index in [1.807, 2.05) is 31.2 Å². The van der Waals surface area contributed by atoms with Gasteiger partial charge in [0.25, 0.3) is 0 Å². The highest BCUT2D eigenvalue weighted by Gasteiger charge is 2.01. The van der Waals surface area contributed by atoms with Crippen molar-refractivity contribution in [3.05, 3.63) is 53.7 Å². The van der Waals surface area contributed by atoms with Gasteiger partial charge in [-0.2, -0.15) is 0 Å². The van der Waals surface area contributed by atoms with Crippen LogP contribution < -0.4 is 5.32 Å². The van der Waals surface area contributed by atoms with Crippen LogP contribution in [0.2, 0.25) is 0 Å². The van der Waals surface area contributed by atoms with Gasteiger partial charge in [-0.25, -0.2) is 14.4 Å². The second kappa shape index (κ2) is 4.70. The van der Waals surface area contributed by atoms with E-state index in [-0.39, 0.29) is 5.82 Å². The molecule has 4 heteroatoms. The molecule has 1 N–H and O–H groups in total. The third kappa shape index (κ3) is 2.53. The highest BCUT2D eigenvalue weighted by Crippen LogP contribution is 2.09. The van der Waals surface area contributed by atoms with E-state index in [0.717, 1.165) is 11.8 Å². The summed E-state index contributed by atoms with van der Waals surface area (Å²) in [5.41, 5.74) is 2.29. The number of nitrogens with one attached hydrogen (secondary N) is 1. The molecule has 0 saturated carbocycles. The van der Waals surface area contributed by atoms with Crippen LogP contribution in [-0.2, 0) is 6.54 Å². The predicted molar refractivity (Wildman–Crippen MR) is 60.5 cm³/mol. The zero-order valence-corrected chi connectivity index (χ0v) is 8.94. The molecule has 0 aliphatic heterocycles. The number of anilines is 1. The first-order chi connectivity index (χ1) is 7.75. The largest absolute Gasteiger partial charge is 0.363 e. The molecule has 3 nitrogen and oxygen atoms in total. The highest BCUT2D eigenvalue weighted by molar-refractivity contribution is 5.35. The summed E-state index contributed by atoms with van der Waals surface area (Å²) in [7, 11) is 0. The summed E-state index contributed by atoms with van der Waals surface area (Å²) in [6, 6.07) is 8.05. The molecule has 0 bridgehead atoms. The van der Waals surface area contributed by atoms with Gasteiger partial charge in [0.1, 0.15) is 6.33 Å². The third-order valence-electron chi connectivity index (χ3n) is 2.25. The van der Waals surface area contributed by atoms with Crippen LogP contribution in [0.25, 0.3) is 0 Å². The molecule has 0 radical (unpaired) electrons. The molecule has 0 amide bonds. The second-order valence-electron chi connectivity index (χ2n) is 3.56. The first kappa shape index (κ1) is 10.5. The van der Waals surface area contributed by atoms with Gasteiger partial charge in [0.2, 0.25) is 0 Å². The lowest BCUT2D eigenvalue weighted by atomic mass is 10.1. The molecule has 0 unspecified atom stereocenters. The number of halogens is 1. The Kier molecular flexibility index (Phi) is 3.10. The van der Waals surface area contributed by atoms with Gasteiger partial charge in [0.15, 0.2) is 11.6 Å². The molecular formula is C12H12FN3. The van der Waals surface area contributed by atoms with Crippen molar-refractivity contribution in [2.75, 3.05) is 5.32 Å². The Morgan fingerprint density at radius 1 is 1.25 bits per heavy atom. The molecule has 0 aliphatic rings. The predicted octanol–water partition coefficient (Wildman–Crippen LogP) is 2.54. The summed E-state index contributed by atoms with van der Waals surface area (Å²) in [6.07, 6.45) is 2.46. The van der Waals surface area contributed by atoms with Crippen LogP contribution in [0.5, 0.6) is 0 Å². The van der Waals surface area contributed by atoms with E-state index in [9.17, 15) is 4.39 Å². The minimum absolute atomic E-state index is 0.232. The van der Waals surface area contributed by atoms with E-state index in [4.69, 9.17) is 0 Å². The Morgan fingerprint density at radius 2 is 2.00 bits per heavy atom. The molecule has 1 heterocycles. The molecule has 0 aliphatic carbocycles. The Hall–Kier alpha value is -1.97. The zero-order valence-electron chi connectivity index (χ0n) is 8.94. The minimum atomic E-state index is -0.436. The molecular weight excluding hydrogens is 205 g/mol. The van der Waals surface area contributed by atoms with E-state index < -0.39 is 5.82 Å². The van der Waals surface area contributed by atoms with Crippen molar-refractivity contribution in [3.8, 4) is 0 Å². The van der Waals surface area contributed by atoms with Crippen LogP contribution in [0.3, 0.4) is 0 Å². The quantitative estimate of drug-likeness (QED) is 0.858. The normalized spacial score (nSPS) is 10.1. The maximum absolute atomic E-state index is 13.2. The minimum Gasteiger partial charge on any atom is -0.363 e. The molecule has 0 spiro atoms. The van der Waals surface area contributed by atoms with Crippen LogP contribution in [0.1, 0.15) is 11.1 Å². The summed E-state index contributed by atoms with van der Waals surface area (Å²) < 4.78 is 13.2. The van der Waals surface area contributed by atoms with Crippen LogP contribution in [0.15, 0.2) is 36.8 Å². The van der Waals surface area contributed by atoms with Gasteiger partial charge in [0.05, 0.1) is 6.20 Å². The Bertz CT molecular complexity index is 468. The highest BCUT2D eigenvalue weighted by atomic mass is 19.1. The van der Waals surface area contributed by atoms with E-state index in [2.05, 4.69) is 15.3 Å². The van der Waals surface area contributed by atoms with Gasteiger partial charge in [0, 0.05) is 6.54 Å². The van der Waals surface area contributed by atoms with Crippen molar-refractivity contribution in [1.82, 2.24) is 9.97 Å². The molecule has 0 atom stereocenters. The van der Waals surface area contributed by atoms with Crippen molar-refractivity contribution in [3.63, 3.8) is 0 Å². The number of benzene rings is 1. The average molecular weight is 217 g/mol. The zero-order chi connectivity index (χ0) is 11.4. The molecule has 82 valence electrons. The van der Waals surface area contributed by atoms with Crippen LogP contribution >= 0.6 is 0 Å². The standard InChI is InChI=1S/C12H12FN3/c1-9-2-4-10(5-3-9)6-15-12-11(13)7-14-8-16-12/h2-5,7-8H,6H2,1H3,(H,14,15,16). The van der Waals surface area contributed by atoms with Gasteiger partial charge in [-0.3, -0.25) is 0 Å². The van der Waals surface area contributed by atoms with E-state index in [1.54, 1.807) is 0 Å². The van der Waals surface area contributed by atoms with Crippen molar-refractivity contribution in [2.45, 2.75) is 13.5 Å². The summed E-state index contributed by atoms with van der Waals surface area (Å²) in [5, 5.41) is 2.92. The number of hydrogen-bond acceptors (Lipinski definition) is 3. The topological polar surface area (TPSA) is 37.8 Å². The molecule has 2 aromatic rings. The van der Waals surface area contributed by atoms with Crippen molar-refractivity contribution in [2.24, 2.45) is 0 Å². The third-order valence-corrected chi connectivity index (χ3v) is 2.25.